The quantitative estimate of drug-likeness (QED) is 0.584. The highest BCUT2D eigenvalue weighted by Crippen LogP contribution is 2.68. The number of nitrogens with zero attached hydrogens (tertiary/aromatic N) is 1. The topological polar surface area (TPSA) is 128 Å². The number of aromatic amines is 1. The number of aromatic hydroxyl groups is 1. The summed E-state index contributed by atoms with van der Waals surface area (Å²) in [6, 6.07) is 5.77. The Kier molecular flexibility index (Phi) is 4.20. The molecule has 1 saturated heterocycles. The van der Waals surface area contributed by atoms with Gasteiger partial charge in [-0.2, -0.15) is 0 Å². The number of nitrogens with one attached hydrogen (secondary N) is 1. The maximum absolute atomic E-state index is 13.3. The summed E-state index contributed by atoms with van der Waals surface area (Å²) in [7, 11) is 0. The molecular weight excluding hydrogens is 452 g/mol. The van der Waals surface area contributed by atoms with Gasteiger partial charge in [0.05, 0.1) is 16.9 Å². The Bertz CT molecular complexity index is 1220. The van der Waals surface area contributed by atoms with Crippen molar-refractivity contribution in [3.05, 3.63) is 44.4 Å². The Morgan fingerprint density at radius 1 is 1.12 bits per heavy atom. The minimum Gasteiger partial charge on any atom is -0.508 e. The van der Waals surface area contributed by atoms with Crippen LogP contribution in [0, 0.1) is 29.6 Å². The molecule has 1 aromatic carbocycles. The van der Waals surface area contributed by atoms with Gasteiger partial charge in [0.2, 0.25) is 11.8 Å². The predicted octanol–water partition coefficient (Wildman–Crippen LogP) is 2.09. The lowest BCUT2D eigenvalue weighted by molar-refractivity contribution is -0.154. The molecular formula is C22H20N2O6S2. The maximum atomic E-state index is 13.3. The van der Waals surface area contributed by atoms with E-state index in [9.17, 15) is 29.4 Å². The Hall–Kier alpha value is -2.59. The SMILES string of the molecule is C[C@H](C(=O)O)N1C(=O)[C@@H]2[C@@H]3C[C@@H]([C@H]4Sc5[nH]c(=O)sc5[C@H](c5ccc(O)cc5)[C@@H]34)[C@@H]2C1=O. The Balaban J connectivity index is 1.45. The van der Waals surface area contributed by atoms with Gasteiger partial charge < -0.3 is 15.2 Å². The van der Waals surface area contributed by atoms with E-state index < -0.39 is 23.8 Å². The summed E-state index contributed by atoms with van der Waals surface area (Å²) in [5.41, 5.74) is 0.964. The lowest BCUT2D eigenvalue weighted by Gasteiger charge is -2.43. The molecule has 0 radical (unpaired) electrons. The number of carbonyl (C=O) groups is 3. The number of rotatable bonds is 3. The van der Waals surface area contributed by atoms with Crippen LogP contribution in [0.25, 0.3) is 0 Å². The molecule has 2 aromatic rings. The number of imide groups is 1. The molecule has 2 aliphatic heterocycles. The van der Waals surface area contributed by atoms with E-state index in [-0.39, 0.29) is 51.4 Å². The molecule has 3 fully saturated rings. The van der Waals surface area contributed by atoms with Gasteiger partial charge in [0.1, 0.15) is 11.8 Å². The van der Waals surface area contributed by atoms with E-state index in [2.05, 4.69) is 4.98 Å². The molecule has 166 valence electrons. The average Bonchev–Trinajstić information content (AvgIpc) is 3.47. The molecule has 2 amide bonds. The molecule has 4 aliphatic rings. The van der Waals surface area contributed by atoms with E-state index in [1.165, 1.54) is 18.3 Å². The van der Waals surface area contributed by atoms with E-state index in [1.54, 1.807) is 23.9 Å². The van der Waals surface area contributed by atoms with Crippen LogP contribution in [-0.4, -0.2) is 49.2 Å². The minimum absolute atomic E-state index is 0.0430. The van der Waals surface area contributed by atoms with E-state index in [0.717, 1.165) is 26.8 Å². The van der Waals surface area contributed by atoms with Gasteiger partial charge in [-0.05, 0) is 48.8 Å². The number of carbonyl (C=O) groups excluding carboxylic acids is 2. The molecule has 10 heteroatoms. The number of likely N-dealkylation sites (tertiary alicyclic amines) is 1. The van der Waals surface area contributed by atoms with Gasteiger partial charge in [-0.1, -0.05) is 23.5 Å². The fraction of sp³-hybridized carbons (Fsp3) is 0.455. The number of thioether (sulfide) groups is 1. The van der Waals surface area contributed by atoms with Gasteiger partial charge in [0.15, 0.2) is 0 Å². The van der Waals surface area contributed by atoms with Gasteiger partial charge in [0.25, 0.3) is 0 Å². The molecule has 2 bridgehead atoms. The molecule has 8 atom stereocenters. The number of fused-ring (bicyclic) bond motifs is 9. The highest BCUT2D eigenvalue weighted by Gasteiger charge is 2.70. The summed E-state index contributed by atoms with van der Waals surface area (Å²) in [6.07, 6.45) is 0.748. The van der Waals surface area contributed by atoms with Gasteiger partial charge in [-0.15, -0.1) is 11.8 Å². The van der Waals surface area contributed by atoms with Crippen LogP contribution < -0.4 is 4.87 Å². The number of H-pyrrole nitrogens is 1. The van der Waals surface area contributed by atoms with E-state index in [4.69, 9.17) is 0 Å². The zero-order valence-electron chi connectivity index (χ0n) is 16.9. The van der Waals surface area contributed by atoms with Crippen molar-refractivity contribution in [2.24, 2.45) is 29.6 Å². The number of aromatic nitrogens is 1. The third kappa shape index (κ3) is 2.50. The second-order valence-corrected chi connectivity index (χ2v) is 11.3. The molecule has 1 aromatic heterocycles. The smallest absolute Gasteiger partial charge is 0.326 e. The minimum atomic E-state index is -1.19. The molecule has 2 saturated carbocycles. The standard InChI is InChI=1S/C22H20N2O6S2/c1-7(21(28)29)24-19(26)14-10-6-11(15(14)20(24)27)16-13(10)12(8-2-4-9(25)5-3-8)17-18(31-16)23-22(30)32-17/h2-5,7,10-16,25H,6H2,1H3,(H,23,30)(H,28,29)/t7-,10-,11-,12-,13-,14-,15+,16-/m1/s1. The van der Waals surface area contributed by atoms with Gasteiger partial charge in [-0.25, -0.2) is 4.79 Å². The first-order valence-corrected chi connectivity index (χ1v) is 12.3. The van der Waals surface area contributed by atoms with Crippen molar-refractivity contribution in [2.75, 3.05) is 0 Å². The van der Waals surface area contributed by atoms with Crippen LogP contribution in [0.5, 0.6) is 5.75 Å². The third-order valence-electron chi connectivity index (χ3n) is 7.75. The summed E-state index contributed by atoms with van der Waals surface area (Å²) >= 11 is 2.76. The zero-order valence-corrected chi connectivity index (χ0v) is 18.6. The van der Waals surface area contributed by atoms with Gasteiger partial charge >= 0.3 is 10.8 Å². The van der Waals surface area contributed by atoms with Crippen molar-refractivity contribution in [1.82, 2.24) is 9.88 Å². The predicted molar refractivity (Wildman–Crippen MR) is 116 cm³/mol. The number of amides is 2. The van der Waals surface area contributed by atoms with Crippen LogP contribution in [0.2, 0.25) is 0 Å². The molecule has 32 heavy (non-hydrogen) atoms. The summed E-state index contributed by atoms with van der Waals surface area (Å²) in [5.74, 6) is -2.95. The second kappa shape index (κ2) is 6.71. The Morgan fingerprint density at radius 2 is 1.78 bits per heavy atom. The van der Waals surface area contributed by atoms with Crippen molar-refractivity contribution >= 4 is 40.9 Å². The van der Waals surface area contributed by atoms with Gasteiger partial charge in [-0.3, -0.25) is 19.3 Å². The lowest BCUT2D eigenvalue weighted by atomic mass is 9.68. The van der Waals surface area contributed by atoms with Crippen LogP contribution in [0.1, 0.15) is 29.7 Å². The van der Waals surface area contributed by atoms with E-state index in [0.29, 0.717) is 0 Å². The van der Waals surface area contributed by atoms with Gasteiger partial charge in [0, 0.05) is 16.0 Å². The van der Waals surface area contributed by atoms with E-state index in [1.807, 2.05) is 12.1 Å². The fourth-order valence-corrected chi connectivity index (χ4v) is 9.48. The van der Waals surface area contributed by atoms with Crippen molar-refractivity contribution in [1.29, 1.82) is 0 Å². The fourth-order valence-electron chi connectivity index (χ4n) is 6.59. The summed E-state index contributed by atoms with van der Waals surface area (Å²) in [4.78, 5) is 54.9. The van der Waals surface area contributed by atoms with Crippen molar-refractivity contribution < 1.29 is 24.6 Å². The highest BCUT2D eigenvalue weighted by molar-refractivity contribution is 8.00. The van der Waals surface area contributed by atoms with Crippen LogP contribution in [0.15, 0.2) is 34.1 Å². The van der Waals surface area contributed by atoms with Crippen molar-refractivity contribution in [2.45, 2.75) is 35.6 Å². The first-order chi connectivity index (χ1) is 15.3. The monoisotopic (exact) mass is 472 g/mol. The number of phenols is 1. The maximum Gasteiger partial charge on any atom is 0.326 e. The molecule has 8 nitrogen and oxygen atoms in total. The average molecular weight is 473 g/mol. The number of benzene rings is 1. The Morgan fingerprint density at radius 3 is 2.44 bits per heavy atom. The largest absolute Gasteiger partial charge is 0.508 e. The van der Waals surface area contributed by atoms with E-state index >= 15 is 0 Å². The normalized spacial score (nSPS) is 35.5. The van der Waals surface area contributed by atoms with Crippen molar-refractivity contribution in [3.63, 3.8) is 0 Å². The Labute approximate surface area is 190 Å². The number of aliphatic carboxylic acids is 1. The molecule has 3 heterocycles. The number of hydrogen-bond acceptors (Lipinski definition) is 7. The zero-order chi connectivity index (χ0) is 22.5. The van der Waals surface area contributed by atoms with Crippen LogP contribution in [0.4, 0.5) is 0 Å². The lowest BCUT2D eigenvalue weighted by Crippen LogP contribution is -2.44. The number of phenolic OH excluding ortho intramolecular Hbond substituents is 1. The molecule has 3 N–H and O–H groups in total. The number of hydrogen-bond donors (Lipinski definition) is 3. The molecule has 0 unspecified atom stereocenters. The first-order valence-electron chi connectivity index (χ1n) is 10.6. The summed E-state index contributed by atoms with van der Waals surface area (Å²) < 4.78 is 0. The summed E-state index contributed by atoms with van der Waals surface area (Å²) in [6.45, 7) is 1.38. The highest BCUT2D eigenvalue weighted by atomic mass is 32.2. The first kappa shape index (κ1) is 20.0. The third-order valence-corrected chi connectivity index (χ3v) is 10.3. The molecule has 0 spiro atoms. The summed E-state index contributed by atoms with van der Waals surface area (Å²) in [5, 5.41) is 20.1. The second-order valence-electron chi connectivity index (χ2n) is 9.11. The number of carboxylic acid groups (broad SMARTS) is 1. The molecule has 6 rings (SSSR count). The van der Waals surface area contributed by atoms with Crippen LogP contribution in [-0.2, 0) is 14.4 Å². The number of carboxylic acids is 1. The number of thiazole rings is 1. The van der Waals surface area contributed by atoms with Crippen LogP contribution in [0.3, 0.4) is 0 Å². The van der Waals surface area contributed by atoms with Crippen molar-refractivity contribution in [3.8, 4) is 5.75 Å². The molecule has 2 aliphatic carbocycles. The van der Waals surface area contributed by atoms with Crippen LogP contribution >= 0.6 is 23.1 Å².